The Morgan fingerprint density at radius 1 is 1.15 bits per heavy atom. The Bertz CT molecular complexity index is 1500. The number of unbranched alkanes of at least 4 members (excludes halogenated alkanes) is 1. The Kier molecular flexibility index (Phi) is 10.3. The molecule has 0 aliphatic carbocycles. The van der Waals surface area contributed by atoms with Gasteiger partial charge in [-0.15, -0.1) is 10.1 Å². The Labute approximate surface area is 235 Å². The van der Waals surface area contributed by atoms with Gasteiger partial charge in [-0.1, -0.05) is 0 Å². The van der Waals surface area contributed by atoms with Crippen LogP contribution in [0.15, 0.2) is 47.0 Å². The lowest BCUT2D eigenvalue weighted by atomic mass is 10.1. The molecule has 2 aromatic carbocycles. The molecule has 0 aliphatic rings. The number of aromatic nitrogens is 2. The molecular formula is C24H22ClF5N4O6S. The number of hydrogen-bond donors (Lipinski definition) is 2. The van der Waals surface area contributed by atoms with Crippen LogP contribution in [0.5, 0.6) is 11.5 Å². The molecule has 3 aromatic rings. The van der Waals surface area contributed by atoms with Gasteiger partial charge in [-0.25, -0.2) is 18.7 Å². The summed E-state index contributed by atoms with van der Waals surface area (Å²) in [6, 6.07) is 6.84. The number of nitro groups is 1. The molecule has 1 aromatic heterocycles. The van der Waals surface area contributed by atoms with Crippen molar-refractivity contribution in [2.24, 2.45) is 4.36 Å². The Balaban J connectivity index is 1.62. The first kappa shape index (κ1) is 31.8. The van der Waals surface area contributed by atoms with E-state index in [0.29, 0.717) is 12.8 Å². The van der Waals surface area contributed by atoms with Gasteiger partial charge in [-0.05, 0) is 54.5 Å². The first-order valence-electron chi connectivity index (χ1n) is 11.6. The van der Waals surface area contributed by atoms with Gasteiger partial charge in [0.1, 0.15) is 23.0 Å². The highest BCUT2D eigenvalue weighted by Gasteiger charge is 2.39. The van der Waals surface area contributed by atoms with Gasteiger partial charge in [0.05, 0.1) is 30.4 Å². The molecular weight excluding hydrogens is 603 g/mol. The van der Waals surface area contributed by atoms with Crippen LogP contribution in [-0.4, -0.2) is 51.0 Å². The molecule has 0 saturated carbocycles. The van der Waals surface area contributed by atoms with E-state index in [1.807, 2.05) is 0 Å². The fourth-order valence-electron chi connectivity index (χ4n) is 3.48. The highest BCUT2D eigenvalue weighted by atomic mass is 35.5. The van der Waals surface area contributed by atoms with Crippen molar-refractivity contribution >= 4 is 33.3 Å². The van der Waals surface area contributed by atoms with Crippen LogP contribution in [0.3, 0.4) is 0 Å². The van der Waals surface area contributed by atoms with Crippen LogP contribution in [-0.2, 0) is 20.7 Å². The van der Waals surface area contributed by atoms with E-state index >= 15 is 0 Å². The van der Waals surface area contributed by atoms with Gasteiger partial charge in [0.25, 0.3) is 5.69 Å². The zero-order valence-corrected chi connectivity index (χ0v) is 22.7. The third kappa shape index (κ3) is 9.40. The SMILES string of the molecule is C[SH](O)(Cc1cc(OCCCCOc2cc(F)ccc2-c2nc(Cl)ncc2F)cc([N+](=O)[O-])c1)=NC(=O)C(F)(F)F. The molecule has 1 heterocycles. The number of carbonyl (C=O) groups excluding carboxylic acids is 1. The number of ether oxygens (including phenoxy) is 2. The topological polar surface area (TPSA) is 137 Å². The van der Waals surface area contributed by atoms with Crippen molar-refractivity contribution in [1.29, 1.82) is 0 Å². The Morgan fingerprint density at radius 3 is 2.49 bits per heavy atom. The van der Waals surface area contributed by atoms with Crippen molar-refractivity contribution in [3.63, 3.8) is 0 Å². The van der Waals surface area contributed by atoms with E-state index in [-0.39, 0.29) is 46.8 Å². The van der Waals surface area contributed by atoms with Crippen molar-refractivity contribution in [1.82, 2.24) is 9.97 Å². The predicted octanol–water partition coefficient (Wildman–Crippen LogP) is 5.98. The quantitative estimate of drug-likeness (QED) is 0.0664. The highest BCUT2D eigenvalue weighted by Crippen LogP contribution is 2.32. The summed E-state index contributed by atoms with van der Waals surface area (Å²) < 4.78 is 89.9. The van der Waals surface area contributed by atoms with Crippen molar-refractivity contribution in [2.45, 2.75) is 24.8 Å². The number of benzene rings is 2. The fraction of sp³-hybridized carbons (Fsp3) is 0.292. The molecule has 3 rings (SSSR count). The van der Waals surface area contributed by atoms with Crippen molar-refractivity contribution < 1.29 is 45.7 Å². The number of amides is 1. The van der Waals surface area contributed by atoms with Gasteiger partial charge in [0.15, 0.2) is 5.82 Å². The summed E-state index contributed by atoms with van der Waals surface area (Å²) in [5.74, 6) is -4.40. The zero-order chi connectivity index (χ0) is 30.4. The minimum atomic E-state index is -5.26. The lowest BCUT2D eigenvalue weighted by Gasteiger charge is -2.19. The molecule has 1 N–H and O–H groups in total. The van der Waals surface area contributed by atoms with Crippen LogP contribution < -0.4 is 9.47 Å². The molecule has 222 valence electrons. The van der Waals surface area contributed by atoms with Crippen molar-refractivity contribution in [2.75, 3.05) is 19.5 Å². The number of thiol groups is 1. The summed E-state index contributed by atoms with van der Waals surface area (Å²) in [5, 5.41) is 11.1. The molecule has 10 nitrogen and oxygen atoms in total. The van der Waals surface area contributed by atoms with Gasteiger partial charge in [-0.3, -0.25) is 14.9 Å². The lowest BCUT2D eigenvalue weighted by Crippen LogP contribution is -2.24. The van der Waals surface area contributed by atoms with Crippen LogP contribution in [0.1, 0.15) is 18.4 Å². The number of alkyl halides is 3. The summed E-state index contributed by atoms with van der Waals surface area (Å²) in [5.41, 5.74) is -0.429. The van der Waals surface area contributed by atoms with E-state index in [4.69, 9.17) is 21.1 Å². The first-order chi connectivity index (χ1) is 19.1. The highest BCUT2D eigenvalue weighted by molar-refractivity contribution is 7.98. The standard InChI is InChI=1S/C24H22ClF5N4O6S/c1-41(38,33-22(35)24(28,29)30)13-14-8-16(34(36)37)11-17(9-14)39-6-2-3-7-40-20-10-15(26)4-5-18(20)21-19(27)12-31-23(25)32-21/h4-5,8-12,41H,2-3,6-7,13H2,1H3,(H,33,35,38). The lowest BCUT2D eigenvalue weighted by molar-refractivity contribution is -0.385. The second kappa shape index (κ2) is 13.3. The monoisotopic (exact) mass is 624 g/mol. The smallest absolute Gasteiger partial charge is 0.474 e. The van der Waals surface area contributed by atoms with Crippen LogP contribution in [0.2, 0.25) is 5.28 Å². The normalized spacial score (nSPS) is 12.1. The molecule has 0 spiro atoms. The molecule has 41 heavy (non-hydrogen) atoms. The Hall–Kier alpha value is -3.76. The van der Waals surface area contributed by atoms with E-state index in [2.05, 4.69) is 14.3 Å². The third-order valence-corrected chi connectivity index (χ3v) is 6.93. The minimum absolute atomic E-state index is 0.000739. The fourth-order valence-corrected chi connectivity index (χ4v) is 5.06. The maximum atomic E-state index is 14.2. The van der Waals surface area contributed by atoms with Gasteiger partial charge in [-0.2, -0.15) is 17.5 Å². The molecule has 1 amide bonds. The first-order valence-corrected chi connectivity index (χ1v) is 14.3. The molecule has 0 atom stereocenters. The average Bonchev–Trinajstić information content (AvgIpc) is 2.86. The number of non-ortho nitro benzene ring substituents is 1. The van der Waals surface area contributed by atoms with E-state index in [0.717, 1.165) is 36.7 Å². The second-order valence-electron chi connectivity index (χ2n) is 8.62. The molecule has 0 radical (unpaired) electrons. The van der Waals surface area contributed by atoms with Gasteiger partial charge in [0.2, 0.25) is 5.28 Å². The van der Waals surface area contributed by atoms with Gasteiger partial charge < -0.3 is 14.0 Å². The number of halogens is 6. The average molecular weight is 625 g/mol. The van der Waals surface area contributed by atoms with Crippen molar-refractivity contribution in [3.05, 3.63) is 75.2 Å². The van der Waals surface area contributed by atoms with Crippen LogP contribution in [0.25, 0.3) is 11.3 Å². The van der Waals surface area contributed by atoms with Crippen LogP contribution >= 0.6 is 11.6 Å². The number of hydrogen-bond acceptors (Lipinski definition) is 7. The summed E-state index contributed by atoms with van der Waals surface area (Å²) >= 11 is 5.74. The summed E-state index contributed by atoms with van der Waals surface area (Å²) in [6.07, 6.45) is -2.73. The summed E-state index contributed by atoms with van der Waals surface area (Å²) in [7, 11) is -3.80. The molecule has 17 heteroatoms. The van der Waals surface area contributed by atoms with Crippen LogP contribution in [0, 0.1) is 21.7 Å². The van der Waals surface area contributed by atoms with Gasteiger partial charge in [0, 0.05) is 23.4 Å². The van der Waals surface area contributed by atoms with E-state index in [1.165, 1.54) is 12.1 Å². The maximum absolute atomic E-state index is 14.2. The number of rotatable bonds is 11. The Morgan fingerprint density at radius 2 is 1.83 bits per heavy atom. The van der Waals surface area contributed by atoms with Crippen LogP contribution in [0.4, 0.5) is 27.6 Å². The number of nitrogens with zero attached hydrogens (tertiary/aromatic N) is 4. The van der Waals surface area contributed by atoms with E-state index in [9.17, 15) is 41.4 Å². The number of nitro benzene ring substituents is 1. The zero-order valence-electron chi connectivity index (χ0n) is 21.1. The van der Waals surface area contributed by atoms with Crippen molar-refractivity contribution in [3.8, 4) is 22.8 Å². The maximum Gasteiger partial charge on any atom is 0.474 e. The molecule has 0 unspecified atom stereocenters. The molecule has 0 aliphatic heterocycles. The molecule has 0 saturated heterocycles. The predicted molar refractivity (Wildman–Crippen MR) is 140 cm³/mol. The molecule has 0 fully saturated rings. The van der Waals surface area contributed by atoms with E-state index in [1.54, 1.807) is 0 Å². The third-order valence-electron chi connectivity index (χ3n) is 5.17. The number of carbonyl (C=O) groups is 1. The largest absolute Gasteiger partial charge is 0.493 e. The summed E-state index contributed by atoms with van der Waals surface area (Å²) in [6.45, 7) is 0.0705. The second-order valence-corrected chi connectivity index (χ2v) is 11.7. The van der Waals surface area contributed by atoms with Gasteiger partial charge >= 0.3 is 12.1 Å². The minimum Gasteiger partial charge on any atom is -0.493 e. The van der Waals surface area contributed by atoms with E-state index < -0.39 is 50.2 Å². The summed E-state index contributed by atoms with van der Waals surface area (Å²) in [4.78, 5) is 29.1. The molecule has 0 bridgehead atoms.